The van der Waals surface area contributed by atoms with Gasteiger partial charge in [0.15, 0.2) is 0 Å². The van der Waals surface area contributed by atoms with Crippen LogP contribution in [0.2, 0.25) is 0 Å². The van der Waals surface area contributed by atoms with Gasteiger partial charge in [-0.05, 0) is 18.1 Å². The molecule has 1 fully saturated rings. The molecule has 1 saturated heterocycles. The molecule has 1 rings (SSSR count). The number of thioether (sulfide) groups is 1. The molecule has 0 aromatic rings. The summed E-state index contributed by atoms with van der Waals surface area (Å²) in [5.41, 5.74) is 0. The summed E-state index contributed by atoms with van der Waals surface area (Å²) in [5.74, 6) is 1.94. The van der Waals surface area contributed by atoms with Gasteiger partial charge in [0.05, 0.1) is 0 Å². The van der Waals surface area contributed by atoms with Crippen LogP contribution in [0, 0.1) is 5.92 Å². The van der Waals surface area contributed by atoms with Crippen LogP contribution in [0.5, 0.6) is 0 Å². The van der Waals surface area contributed by atoms with Gasteiger partial charge in [0, 0.05) is 31.6 Å². The van der Waals surface area contributed by atoms with E-state index >= 15 is 0 Å². The SMILES string of the molecule is COCC(C)CNC1CCSC1C. The number of ether oxygens (including phenoxy) is 1. The summed E-state index contributed by atoms with van der Waals surface area (Å²) >= 11 is 2.08. The van der Waals surface area contributed by atoms with Crippen LogP contribution in [-0.2, 0) is 4.74 Å². The first kappa shape index (κ1) is 11.3. The molecule has 13 heavy (non-hydrogen) atoms. The van der Waals surface area contributed by atoms with Crippen molar-refractivity contribution in [3.8, 4) is 0 Å². The van der Waals surface area contributed by atoms with Crippen molar-refractivity contribution in [1.29, 1.82) is 0 Å². The van der Waals surface area contributed by atoms with Gasteiger partial charge in [0.25, 0.3) is 0 Å². The molecule has 0 aliphatic carbocycles. The maximum absolute atomic E-state index is 5.10. The summed E-state index contributed by atoms with van der Waals surface area (Å²) < 4.78 is 5.10. The van der Waals surface area contributed by atoms with E-state index in [9.17, 15) is 0 Å². The van der Waals surface area contributed by atoms with E-state index in [-0.39, 0.29) is 0 Å². The molecule has 0 amide bonds. The Bertz CT molecular complexity index is 143. The third-order valence-electron chi connectivity index (χ3n) is 2.56. The Morgan fingerprint density at radius 2 is 2.38 bits per heavy atom. The average Bonchev–Trinajstić information content (AvgIpc) is 2.48. The molecule has 3 heteroatoms. The van der Waals surface area contributed by atoms with Gasteiger partial charge >= 0.3 is 0 Å². The van der Waals surface area contributed by atoms with E-state index in [4.69, 9.17) is 4.74 Å². The molecule has 0 bridgehead atoms. The molecule has 0 aromatic heterocycles. The van der Waals surface area contributed by atoms with Crippen molar-refractivity contribution in [2.75, 3.05) is 26.0 Å². The minimum Gasteiger partial charge on any atom is -0.384 e. The quantitative estimate of drug-likeness (QED) is 0.735. The first-order valence-electron chi connectivity index (χ1n) is 5.08. The number of rotatable bonds is 5. The van der Waals surface area contributed by atoms with Crippen molar-refractivity contribution in [3.05, 3.63) is 0 Å². The standard InChI is InChI=1S/C10H21NOS/c1-8(7-12-3)6-11-10-4-5-13-9(10)2/h8-11H,4-7H2,1-3H3. The van der Waals surface area contributed by atoms with E-state index in [1.165, 1.54) is 12.2 Å². The molecule has 78 valence electrons. The van der Waals surface area contributed by atoms with Crippen LogP contribution in [0.15, 0.2) is 0 Å². The maximum Gasteiger partial charge on any atom is 0.0499 e. The Balaban J connectivity index is 2.10. The van der Waals surface area contributed by atoms with E-state index in [0.29, 0.717) is 5.92 Å². The zero-order chi connectivity index (χ0) is 9.68. The Morgan fingerprint density at radius 3 is 2.92 bits per heavy atom. The fourth-order valence-electron chi connectivity index (χ4n) is 1.70. The van der Waals surface area contributed by atoms with Crippen LogP contribution in [0.1, 0.15) is 20.3 Å². The van der Waals surface area contributed by atoms with Crippen molar-refractivity contribution in [1.82, 2.24) is 5.32 Å². The van der Waals surface area contributed by atoms with Gasteiger partial charge in [0.2, 0.25) is 0 Å². The number of hydrogen-bond acceptors (Lipinski definition) is 3. The van der Waals surface area contributed by atoms with E-state index in [0.717, 1.165) is 24.4 Å². The molecule has 0 spiro atoms. The van der Waals surface area contributed by atoms with E-state index < -0.39 is 0 Å². The second-order valence-electron chi connectivity index (χ2n) is 3.94. The molecule has 3 atom stereocenters. The Hall–Kier alpha value is 0.270. The number of hydrogen-bond donors (Lipinski definition) is 1. The van der Waals surface area contributed by atoms with Crippen LogP contribution in [-0.4, -0.2) is 37.3 Å². The average molecular weight is 203 g/mol. The highest BCUT2D eigenvalue weighted by Gasteiger charge is 2.23. The van der Waals surface area contributed by atoms with Gasteiger partial charge in [-0.25, -0.2) is 0 Å². The zero-order valence-electron chi connectivity index (χ0n) is 8.88. The van der Waals surface area contributed by atoms with Gasteiger partial charge in [-0.2, -0.15) is 11.8 Å². The molecule has 0 saturated carbocycles. The first-order chi connectivity index (χ1) is 6.24. The number of methoxy groups -OCH3 is 1. The molecule has 1 aliphatic rings. The normalized spacial score (nSPS) is 30.7. The molecule has 1 aliphatic heterocycles. The molecule has 3 unspecified atom stereocenters. The molecule has 1 heterocycles. The second-order valence-corrected chi connectivity index (χ2v) is 5.42. The lowest BCUT2D eigenvalue weighted by atomic mass is 10.1. The highest BCUT2D eigenvalue weighted by molar-refractivity contribution is 8.00. The van der Waals surface area contributed by atoms with E-state index in [1.54, 1.807) is 7.11 Å². The summed E-state index contributed by atoms with van der Waals surface area (Å²) in [6, 6.07) is 0.726. The van der Waals surface area contributed by atoms with Gasteiger partial charge in [0.1, 0.15) is 0 Å². The van der Waals surface area contributed by atoms with Crippen LogP contribution in [0.25, 0.3) is 0 Å². The topological polar surface area (TPSA) is 21.3 Å². The molecule has 1 N–H and O–H groups in total. The van der Waals surface area contributed by atoms with Crippen LogP contribution in [0.4, 0.5) is 0 Å². The fourth-order valence-corrected chi connectivity index (χ4v) is 2.92. The highest BCUT2D eigenvalue weighted by atomic mass is 32.2. The zero-order valence-corrected chi connectivity index (χ0v) is 9.69. The largest absolute Gasteiger partial charge is 0.384 e. The molecule has 0 radical (unpaired) electrons. The minimum absolute atomic E-state index is 0.628. The molecular weight excluding hydrogens is 182 g/mol. The van der Waals surface area contributed by atoms with Gasteiger partial charge in [-0.3, -0.25) is 0 Å². The second kappa shape index (κ2) is 5.89. The van der Waals surface area contributed by atoms with Crippen molar-refractivity contribution in [2.24, 2.45) is 5.92 Å². The minimum atomic E-state index is 0.628. The summed E-state index contributed by atoms with van der Waals surface area (Å²) in [6.07, 6.45) is 1.32. The van der Waals surface area contributed by atoms with Crippen molar-refractivity contribution < 1.29 is 4.74 Å². The van der Waals surface area contributed by atoms with Gasteiger partial charge in [-0.15, -0.1) is 0 Å². The predicted molar refractivity (Wildman–Crippen MR) is 59.4 cm³/mol. The third-order valence-corrected chi connectivity index (χ3v) is 3.88. The summed E-state index contributed by atoms with van der Waals surface area (Å²) in [5, 5.41) is 4.40. The third kappa shape index (κ3) is 3.88. The monoisotopic (exact) mass is 203 g/mol. The van der Waals surface area contributed by atoms with Crippen molar-refractivity contribution in [3.63, 3.8) is 0 Å². The molecule has 0 aromatic carbocycles. The Morgan fingerprint density at radius 1 is 1.62 bits per heavy atom. The van der Waals surface area contributed by atoms with Crippen LogP contribution in [0.3, 0.4) is 0 Å². The molecule has 2 nitrogen and oxygen atoms in total. The first-order valence-corrected chi connectivity index (χ1v) is 6.13. The highest BCUT2D eigenvalue weighted by Crippen LogP contribution is 2.25. The van der Waals surface area contributed by atoms with Crippen molar-refractivity contribution >= 4 is 11.8 Å². The van der Waals surface area contributed by atoms with Crippen molar-refractivity contribution in [2.45, 2.75) is 31.6 Å². The number of nitrogens with one attached hydrogen (secondary N) is 1. The lowest BCUT2D eigenvalue weighted by Gasteiger charge is -2.19. The predicted octanol–water partition coefficient (Wildman–Crippen LogP) is 1.75. The Labute approximate surface area is 85.8 Å². The summed E-state index contributed by atoms with van der Waals surface area (Å²) in [4.78, 5) is 0. The maximum atomic E-state index is 5.10. The van der Waals surface area contributed by atoms with Gasteiger partial charge < -0.3 is 10.1 Å². The smallest absolute Gasteiger partial charge is 0.0499 e. The Kier molecular flexibility index (Phi) is 5.14. The molecular formula is C10H21NOS. The van der Waals surface area contributed by atoms with E-state index in [1.807, 2.05) is 0 Å². The lowest BCUT2D eigenvalue weighted by Crippen LogP contribution is -2.37. The lowest BCUT2D eigenvalue weighted by molar-refractivity contribution is 0.157. The fraction of sp³-hybridized carbons (Fsp3) is 1.00. The van der Waals surface area contributed by atoms with Crippen LogP contribution < -0.4 is 5.32 Å². The van der Waals surface area contributed by atoms with E-state index in [2.05, 4.69) is 30.9 Å². The van der Waals surface area contributed by atoms with Gasteiger partial charge in [-0.1, -0.05) is 13.8 Å². The summed E-state index contributed by atoms with van der Waals surface area (Å²) in [6.45, 7) is 6.49. The van der Waals surface area contributed by atoms with Crippen LogP contribution >= 0.6 is 11.8 Å². The summed E-state index contributed by atoms with van der Waals surface area (Å²) in [7, 11) is 1.77.